The van der Waals surface area contributed by atoms with Crippen LogP contribution in [0.1, 0.15) is 42.6 Å². The molecule has 1 aromatic heterocycles. The molecule has 0 fully saturated rings. The Morgan fingerprint density at radius 1 is 1.38 bits per heavy atom. The van der Waals surface area contributed by atoms with Gasteiger partial charge in [0.1, 0.15) is 0 Å². The standard InChI is InChI=1S/C12H22N2O2/c1-5-10(6-11(16)7-15)12-8(2)13-14(4)9(12)3/h10-11,15-16H,5-7H2,1-4H3. The van der Waals surface area contributed by atoms with Gasteiger partial charge < -0.3 is 10.2 Å². The highest BCUT2D eigenvalue weighted by atomic mass is 16.3. The van der Waals surface area contributed by atoms with Gasteiger partial charge in [-0.25, -0.2) is 0 Å². The minimum atomic E-state index is -0.635. The van der Waals surface area contributed by atoms with Crippen molar-refractivity contribution in [1.82, 2.24) is 9.78 Å². The number of aliphatic hydroxyl groups is 2. The minimum Gasteiger partial charge on any atom is -0.394 e. The molecule has 0 aromatic carbocycles. The normalized spacial score (nSPS) is 15.1. The highest BCUT2D eigenvalue weighted by molar-refractivity contribution is 5.28. The maximum Gasteiger partial charge on any atom is 0.0776 e. The summed E-state index contributed by atoms with van der Waals surface area (Å²) in [7, 11) is 1.93. The molecule has 0 spiro atoms. The van der Waals surface area contributed by atoms with Crippen molar-refractivity contribution in [3.05, 3.63) is 17.0 Å². The first-order valence-electron chi connectivity index (χ1n) is 5.80. The molecule has 0 bridgehead atoms. The summed E-state index contributed by atoms with van der Waals surface area (Å²) in [5, 5.41) is 22.8. The Hall–Kier alpha value is -0.870. The van der Waals surface area contributed by atoms with Crippen molar-refractivity contribution in [2.75, 3.05) is 6.61 Å². The van der Waals surface area contributed by atoms with Crippen LogP contribution in [0.15, 0.2) is 0 Å². The third-order valence-electron chi connectivity index (χ3n) is 3.23. The summed E-state index contributed by atoms with van der Waals surface area (Å²) in [5.74, 6) is 0.274. The van der Waals surface area contributed by atoms with Crippen LogP contribution in [0.2, 0.25) is 0 Å². The van der Waals surface area contributed by atoms with Crippen molar-refractivity contribution in [3.8, 4) is 0 Å². The van der Waals surface area contributed by atoms with Crippen molar-refractivity contribution in [2.45, 2.75) is 45.6 Å². The van der Waals surface area contributed by atoms with E-state index in [0.717, 1.165) is 17.8 Å². The van der Waals surface area contributed by atoms with E-state index < -0.39 is 6.10 Å². The monoisotopic (exact) mass is 226 g/mol. The Bertz CT molecular complexity index is 347. The summed E-state index contributed by atoms with van der Waals surface area (Å²) in [4.78, 5) is 0. The highest BCUT2D eigenvalue weighted by Gasteiger charge is 2.21. The molecule has 0 amide bonds. The number of aliphatic hydroxyl groups excluding tert-OH is 2. The molecule has 1 aromatic rings. The summed E-state index contributed by atoms with van der Waals surface area (Å²) < 4.78 is 1.87. The fraction of sp³-hybridized carbons (Fsp3) is 0.750. The lowest BCUT2D eigenvalue weighted by Gasteiger charge is -2.18. The van der Waals surface area contributed by atoms with Crippen LogP contribution in [-0.2, 0) is 7.05 Å². The van der Waals surface area contributed by atoms with Crippen LogP contribution < -0.4 is 0 Å². The fourth-order valence-corrected chi connectivity index (χ4v) is 2.27. The van der Waals surface area contributed by atoms with Crippen molar-refractivity contribution in [1.29, 1.82) is 0 Å². The van der Waals surface area contributed by atoms with E-state index in [1.54, 1.807) is 0 Å². The Morgan fingerprint density at radius 2 is 2.00 bits per heavy atom. The molecular weight excluding hydrogens is 204 g/mol. The van der Waals surface area contributed by atoms with Crippen LogP contribution in [0, 0.1) is 13.8 Å². The van der Waals surface area contributed by atoms with Crippen LogP contribution in [-0.4, -0.2) is 32.7 Å². The predicted molar refractivity (Wildman–Crippen MR) is 63.4 cm³/mol. The number of hydrogen-bond donors (Lipinski definition) is 2. The van der Waals surface area contributed by atoms with E-state index in [9.17, 15) is 5.11 Å². The van der Waals surface area contributed by atoms with Gasteiger partial charge in [0.25, 0.3) is 0 Å². The molecule has 0 saturated carbocycles. The third-order valence-corrected chi connectivity index (χ3v) is 3.23. The lowest BCUT2D eigenvalue weighted by molar-refractivity contribution is 0.0816. The van der Waals surface area contributed by atoms with Gasteiger partial charge in [-0.3, -0.25) is 4.68 Å². The summed E-state index contributed by atoms with van der Waals surface area (Å²) in [6, 6.07) is 0. The molecular formula is C12H22N2O2. The number of rotatable bonds is 5. The summed E-state index contributed by atoms with van der Waals surface area (Å²) in [5.41, 5.74) is 3.39. The largest absolute Gasteiger partial charge is 0.394 e. The minimum absolute atomic E-state index is 0.172. The van der Waals surface area contributed by atoms with Gasteiger partial charge >= 0.3 is 0 Å². The lowest BCUT2D eigenvalue weighted by Crippen LogP contribution is -2.17. The molecule has 4 heteroatoms. The van der Waals surface area contributed by atoms with E-state index in [1.807, 2.05) is 25.6 Å². The van der Waals surface area contributed by atoms with Gasteiger partial charge in [0, 0.05) is 12.7 Å². The highest BCUT2D eigenvalue weighted by Crippen LogP contribution is 2.29. The van der Waals surface area contributed by atoms with E-state index in [2.05, 4.69) is 12.0 Å². The Morgan fingerprint density at radius 3 is 2.38 bits per heavy atom. The summed E-state index contributed by atoms with van der Waals surface area (Å²) in [6.45, 7) is 5.97. The molecule has 0 radical (unpaired) electrons. The topological polar surface area (TPSA) is 58.3 Å². The molecule has 0 aliphatic carbocycles. The van der Waals surface area contributed by atoms with Gasteiger partial charge in [-0.1, -0.05) is 6.92 Å². The maximum atomic E-state index is 9.53. The first-order chi connectivity index (χ1) is 7.51. The zero-order valence-electron chi connectivity index (χ0n) is 10.6. The average molecular weight is 226 g/mol. The molecule has 2 unspecified atom stereocenters. The summed E-state index contributed by atoms with van der Waals surface area (Å²) >= 11 is 0. The molecule has 0 aliphatic rings. The van der Waals surface area contributed by atoms with Gasteiger partial charge in [0.05, 0.1) is 18.4 Å². The van der Waals surface area contributed by atoms with E-state index in [4.69, 9.17) is 5.11 Å². The summed E-state index contributed by atoms with van der Waals surface area (Å²) in [6.07, 6.45) is 0.911. The number of hydrogen-bond acceptors (Lipinski definition) is 3. The quantitative estimate of drug-likeness (QED) is 0.795. The van der Waals surface area contributed by atoms with Crippen LogP contribution in [0.25, 0.3) is 0 Å². The van der Waals surface area contributed by atoms with Crippen molar-refractivity contribution < 1.29 is 10.2 Å². The first kappa shape index (κ1) is 13.2. The number of nitrogens with zero attached hydrogens (tertiary/aromatic N) is 2. The molecule has 0 saturated heterocycles. The Balaban J connectivity index is 2.94. The molecule has 92 valence electrons. The zero-order chi connectivity index (χ0) is 12.3. The molecule has 2 N–H and O–H groups in total. The SMILES string of the molecule is CCC(CC(O)CO)c1c(C)nn(C)c1C. The second-order valence-electron chi connectivity index (χ2n) is 4.39. The van der Waals surface area contributed by atoms with E-state index in [1.165, 1.54) is 5.56 Å². The number of aromatic nitrogens is 2. The van der Waals surface area contributed by atoms with E-state index in [0.29, 0.717) is 6.42 Å². The van der Waals surface area contributed by atoms with Crippen LogP contribution in [0.3, 0.4) is 0 Å². The molecule has 16 heavy (non-hydrogen) atoms. The number of aryl methyl sites for hydroxylation is 2. The van der Waals surface area contributed by atoms with Crippen LogP contribution in [0.5, 0.6) is 0 Å². The van der Waals surface area contributed by atoms with Crippen LogP contribution in [0.4, 0.5) is 0 Å². The smallest absolute Gasteiger partial charge is 0.0776 e. The molecule has 1 rings (SSSR count). The second-order valence-corrected chi connectivity index (χ2v) is 4.39. The van der Waals surface area contributed by atoms with Gasteiger partial charge in [-0.2, -0.15) is 5.10 Å². The Kier molecular flexibility index (Phi) is 4.50. The molecule has 4 nitrogen and oxygen atoms in total. The van der Waals surface area contributed by atoms with E-state index >= 15 is 0 Å². The lowest BCUT2D eigenvalue weighted by atomic mass is 9.89. The van der Waals surface area contributed by atoms with Crippen molar-refractivity contribution in [2.24, 2.45) is 7.05 Å². The predicted octanol–water partition coefficient (Wildman–Crippen LogP) is 1.27. The average Bonchev–Trinajstić information content (AvgIpc) is 2.50. The van der Waals surface area contributed by atoms with Gasteiger partial charge in [0.15, 0.2) is 0 Å². The van der Waals surface area contributed by atoms with Crippen molar-refractivity contribution in [3.63, 3.8) is 0 Å². The van der Waals surface area contributed by atoms with E-state index in [-0.39, 0.29) is 12.5 Å². The second kappa shape index (κ2) is 5.46. The van der Waals surface area contributed by atoms with Gasteiger partial charge in [-0.05, 0) is 38.2 Å². The third kappa shape index (κ3) is 2.62. The van der Waals surface area contributed by atoms with Gasteiger partial charge in [0.2, 0.25) is 0 Å². The maximum absolute atomic E-state index is 9.53. The van der Waals surface area contributed by atoms with Crippen LogP contribution >= 0.6 is 0 Å². The molecule has 2 atom stereocenters. The van der Waals surface area contributed by atoms with Gasteiger partial charge in [-0.15, -0.1) is 0 Å². The fourth-order valence-electron chi connectivity index (χ4n) is 2.27. The zero-order valence-corrected chi connectivity index (χ0v) is 10.6. The molecule has 0 aliphatic heterocycles. The Labute approximate surface area is 96.9 Å². The molecule has 1 heterocycles. The first-order valence-corrected chi connectivity index (χ1v) is 5.80. The van der Waals surface area contributed by atoms with Crippen molar-refractivity contribution >= 4 is 0 Å².